The summed E-state index contributed by atoms with van der Waals surface area (Å²) in [6.45, 7) is 0. The second-order valence-corrected chi connectivity index (χ2v) is 7.05. The molecule has 1 aromatic heterocycles. The van der Waals surface area contributed by atoms with Crippen molar-refractivity contribution in [3.8, 4) is 5.75 Å². The predicted octanol–water partition coefficient (Wildman–Crippen LogP) is 3.32. The van der Waals surface area contributed by atoms with Crippen LogP contribution in [-0.4, -0.2) is 44.8 Å². The highest BCUT2D eigenvalue weighted by atomic mass is 19.1. The fraction of sp³-hybridized carbons (Fsp3) is 0.227. The first kappa shape index (κ1) is 20.4. The number of aliphatic carboxylic acids is 1. The zero-order chi connectivity index (χ0) is 22.0. The highest BCUT2D eigenvalue weighted by molar-refractivity contribution is 6.03. The Morgan fingerprint density at radius 1 is 1.13 bits per heavy atom. The Balaban J connectivity index is 1.71. The monoisotopic (exact) mass is 422 g/mol. The average Bonchev–Trinajstić information content (AvgIpc) is 3.22. The van der Waals surface area contributed by atoms with Gasteiger partial charge in [-0.2, -0.15) is 5.10 Å². The number of ether oxygens (including phenoxy) is 1. The zero-order valence-corrected chi connectivity index (χ0v) is 16.7. The van der Waals surface area contributed by atoms with Crippen LogP contribution in [0.2, 0.25) is 0 Å². The SMILES string of the molecule is COc1ccc(C2=NN(C(=O)CCC(=O)O)[C@H](c3ccc4nccnc4c3)C2)c(F)c1. The van der Waals surface area contributed by atoms with Crippen molar-refractivity contribution in [1.29, 1.82) is 0 Å². The molecule has 1 atom stereocenters. The van der Waals surface area contributed by atoms with E-state index in [2.05, 4.69) is 15.1 Å². The van der Waals surface area contributed by atoms with Gasteiger partial charge in [-0.15, -0.1) is 0 Å². The van der Waals surface area contributed by atoms with Gasteiger partial charge in [0.15, 0.2) is 0 Å². The number of nitrogens with zero attached hydrogens (tertiary/aromatic N) is 4. The molecule has 1 N–H and O–H groups in total. The van der Waals surface area contributed by atoms with E-state index in [0.29, 0.717) is 22.5 Å². The number of hydrogen-bond acceptors (Lipinski definition) is 6. The Morgan fingerprint density at radius 3 is 2.61 bits per heavy atom. The third-order valence-corrected chi connectivity index (χ3v) is 5.08. The van der Waals surface area contributed by atoms with E-state index < -0.39 is 23.7 Å². The molecule has 0 unspecified atom stereocenters. The number of carboxylic acids is 1. The van der Waals surface area contributed by atoms with Crippen molar-refractivity contribution in [2.75, 3.05) is 7.11 Å². The minimum atomic E-state index is -1.07. The zero-order valence-electron chi connectivity index (χ0n) is 16.7. The van der Waals surface area contributed by atoms with Crippen LogP contribution in [0.3, 0.4) is 0 Å². The van der Waals surface area contributed by atoms with Crippen LogP contribution in [-0.2, 0) is 9.59 Å². The molecule has 0 bridgehead atoms. The number of aromatic nitrogens is 2. The molecule has 1 aliphatic heterocycles. The minimum absolute atomic E-state index is 0.207. The molecular formula is C22H19FN4O4. The molecule has 0 fully saturated rings. The van der Waals surface area contributed by atoms with E-state index in [1.165, 1.54) is 18.2 Å². The van der Waals surface area contributed by atoms with E-state index in [9.17, 15) is 14.0 Å². The Hall–Kier alpha value is -3.88. The summed E-state index contributed by atoms with van der Waals surface area (Å²) in [7, 11) is 1.45. The van der Waals surface area contributed by atoms with Gasteiger partial charge in [0.2, 0.25) is 5.91 Å². The van der Waals surface area contributed by atoms with E-state index in [1.54, 1.807) is 30.6 Å². The number of fused-ring (bicyclic) bond motifs is 1. The minimum Gasteiger partial charge on any atom is -0.497 e. The van der Waals surface area contributed by atoms with Gasteiger partial charge < -0.3 is 9.84 Å². The maximum atomic E-state index is 14.6. The standard InChI is InChI=1S/C22H19FN4O4/c1-31-14-3-4-15(16(23)11-14)18-12-20(27(26-18)21(28)6-7-22(29)30)13-2-5-17-19(10-13)25-9-8-24-17/h2-5,8-11,20H,6-7,12H2,1H3,(H,29,30)/t20-/m0/s1. The Labute approximate surface area is 177 Å². The number of amides is 1. The molecule has 9 heteroatoms. The molecule has 2 aromatic carbocycles. The van der Waals surface area contributed by atoms with Gasteiger partial charge in [0.1, 0.15) is 11.6 Å². The second kappa shape index (κ2) is 8.47. The van der Waals surface area contributed by atoms with Gasteiger partial charge in [0.05, 0.1) is 36.3 Å². The lowest BCUT2D eigenvalue weighted by atomic mass is 9.97. The Morgan fingerprint density at radius 2 is 1.90 bits per heavy atom. The Bertz CT molecular complexity index is 1200. The number of halogens is 1. The normalized spacial score (nSPS) is 15.7. The summed E-state index contributed by atoms with van der Waals surface area (Å²) in [4.78, 5) is 32.2. The van der Waals surface area contributed by atoms with Gasteiger partial charge in [-0.05, 0) is 29.8 Å². The largest absolute Gasteiger partial charge is 0.497 e. The summed E-state index contributed by atoms with van der Waals surface area (Å²) in [6.07, 6.45) is 2.92. The van der Waals surface area contributed by atoms with Crippen LogP contribution in [0.4, 0.5) is 4.39 Å². The van der Waals surface area contributed by atoms with Crippen LogP contribution in [0, 0.1) is 5.82 Å². The molecule has 3 aromatic rings. The van der Waals surface area contributed by atoms with Crippen LogP contribution >= 0.6 is 0 Å². The number of carboxylic acid groups (broad SMARTS) is 1. The number of carbonyl (C=O) groups is 2. The van der Waals surface area contributed by atoms with Crippen molar-refractivity contribution in [3.63, 3.8) is 0 Å². The van der Waals surface area contributed by atoms with Gasteiger partial charge >= 0.3 is 5.97 Å². The van der Waals surface area contributed by atoms with E-state index in [0.717, 1.165) is 5.56 Å². The van der Waals surface area contributed by atoms with Crippen molar-refractivity contribution in [2.24, 2.45) is 5.10 Å². The van der Waals surface area contributed by atoms with Crippen LogP contribution < -0.4 is 4.74 Å². The third-order valence-electron chi connectivity index (χ3n) is 5.08. The summed E-state index contributed by atoms with van der Waals surface area (Å²) >= 11 is 0. The van der Waals surface area contributed by atoms with Crippen molar-refractivity contribution in [1.82, 2.24) is 15.0 Å². The molecule has 0 saturated carbocycles. The molecule has 0 aliphatic carbocycles. The summed E-state index contributed by atoms with van der Waals surface area (Å²) in [5.74, 6) is -1.66. The summed E-state index contributed by atoms with van der Waals surface area (Å²) in [5, 5.41) is 14.6. The van der Waals surface area contributed by atoms with Gasteiger partial charge in [0.25, 0.3) is 0 Å². The molecule has 1 aliphatic rings. The quantitative estimate of drug-likeness (QED) is 0.653. The highest BCUT2D eigenvalue weighted by Crippen LogP contribution is 2.35. The lowest BCUT2D eigenvalue weighted by Crippen LogP contribution is -2.27. The van der Waals surface area contributed by atoms with Crippen LogP contribution in [0.1, 0.15) is 36.4 Å². The molecular weight excluding hydrogens is 403 g/mol. The van der Waals surface area contributed by atoms with Crippen molar-refractivity contribution in [3.05, 3.63) is 65.7 Å². The third kappa shape index (κ3) is 4.20. The number of rotatable bonds is 6. The number of hydrogen-bond donors (Lipinski definition) is 1. The molecule has 4 rings (SSSR count). The van der Waals surface area contributed by atoms with Crippen LogP contribution in [0.25, 0.3) is 11.0 Å². The fourth-order valence-electron chi connectivity index (χ4n) is 3.54. The lowest BCUT2D eigenvalue weighted by molar-refractivity contribution is -0.141. The fourth-order valence-corrected chi connectivity index (χ4v) is 3.54. The highest BCUT2D eigenvalue weighted by Gasteiger charge is 2.34. The molecule has 8 nitrogen and oxygen atoms in total. The van der Waals surface area contributed by atoms with Crippen LogP contribution in [0.5, 0.6) is 5.75 Å². The van der Waals surface area contributed by atoms with Crippen molar-refractivity contribution >= 4 is 28.6 Å². The van der Waals surface area contributed by atoms with Gasteiger partial charge in [-0.1, -0.05) is 6.07 Å². The predicted molar refractivity (Wildman–Crippen MR) is 110 cm³/mol. The van der Waals surface area contributed by atoms with Gasteiger partial charge in [-0.25, -0.2) is 9.40 Å². The van der Waals surface area contributed by atoms with E-state index >= 15 is 0 Å². The molecule has 2 heterocycles. The average molecular weight is 422 g/mol. The van der Waals surface area contributed by atoms with E-state index in [1.807, 2.05) is 12.1 Å². The van der Waals surface area contributed by atoms with Crippen molar-refractivity contribution in [2.45, 2.75) is 25.3 Å². The maximum Gasteiger partial charge on any atom is 0.303 e. The molecule has 0 radical (unpaired) electrons. The maximum absolute atomic E-state index is 14.6. The van der Waals surface area contributed by atoms with Gasteiger partial charge in [-0.3, -0.25) is 19.6 Å². The number of hydrazone groups is 1. The first-order valence-electron chi connectivity index (χ1n) is 9.62. The lowest BCUT2D eigenvalue weighted by Gasteiger charge is -2.22. The number of methoxy groups -OCH3 is 1. The Kier molecular flexibility index (Phi) is 5.57. The molecule has 0 spiro atoms. The summed E-state index contributed by atoms with van der Waals surface area (Å²) in [6, 6.07) is 9.35. The number of carbonyl (C=O) groups excluding carboxylic acids is 1. The first-order chi connectivity index (χ1) is 15.0. The number of benzene rings is 2. The van der Waals surface area contributed by atoms with E-state index in [-0.39, 0.29) is 24.8 Å². The topological polar surface area (TPSA) is 105 Å². The smallest absolute Gasteiger partial charge is 0.303 e. The molecule has 158 valence electrons. The second-order valence-electron chi connectivity index (χ2n) is 7.05. The van der Waals surface area contributed by atoms with Gasteiger partial charge in [0, 0.05) is 36.9 Å². The summed E-state index contributed by atoms with van der Waals surface area (Å²) in [5.41, 5.74) is 2.77. The van der Waals surface area contributed by atoms with E-state index in [4.69, 9.17) is 9.84 Å². The van der Waals surface area contributed by atoms with Crippen molar-refractivity contribution < 1.29 is 23.8 Å². The molecule has 31 heavy (non-hydrogen) atoms. The molecule has 0 saturated heterocycles. The molecule has 1 amide bonds. The summed E-state index contributed by atoms with van der Waals surface area (Å²) < 4.78 is 19.7. The first-order valence-corrected chi connectivity index (χ1v) is 9.62. The van der Waals surface area contributed by atoms with Crippen LogP contribution in [0.15, 0.2) is 53.9 Å².